The molecule has 0 heterocycles. The van der Waals surface area contributed by atoms with E-state index in [0.29, 0.717) is 6.04 Å². The zero-order chi connectivity index (χ0) is 7.15. The molecule has 2 nitrogen and oxygen atoms in total. The van der Waals surface area contributed by atoms with Crippen molar-refractivity contribution in [3.05, 3.63) is 28.0 Å². The minimum Gasteiger partial charge on any atom is -0.358 e. The molecule has 0 fully saturated rings. The van der Waals surface area contributed by atoms with E-state index in [4.69, 9.17) is 0 Å². The number of halogens is 1. The van der Waals surface area contributed by atoms with Crippen LogP contribution in [0.1, 0.15) is 13.8 Å². The molecule has 13 heavy (non-hydrogen) atoms. The van der Waals surface area contributed by atoms with Crippen LogP contribution in [0.3, 0.4) is 0 Å². The normalized spacial score (nSPS) is 5.38. The molecule has 0 unspecified atom stereocenters. The molecular weight excluding hydrogens is 302 g/mol. The first-order valence-electron chi connectivity index (χ1n) is 2.81. The first kappa shape index (κ1) is 45.9. The van der Waals surface area contributed by atoms with Crippen molar-refractivity contribution in [2.75, 3.05) is 14.1 Å². The van der Waals surface area contributed by atoms with Crippen LogP contribution < -0.4 is 57.5 Å². The number of hydrogen-bond acceptors (Lipinski definition) is 2. The molecule has 0 saturated heterocycles. The summed E-state index contributed by atoms with van der Waals surface area (Å²) in [6, 6.07) is 0.685. The van der Waals surface area contributed by atoms with Crippen LogP contribution in [-0.4, -0.2) is 25.0 Å². The van der Waals surface area contributed by atoms with E-state index in [1.165, 1.54) is 0 Å². The van der Waals surface area contributed by atoms with Gasteiger partial charge in [-0.3, -0.25) is 0 Å². The molecule has 0 aliphatic heterocycles. The molecule has 0 aromatic rings. The van der Waals surface area contributed by atoms with Crippen molar-refractivity contribution in [2.24, 2.45) is 0 Å². The molecule has 0 rings (SSSR count). The Labute approximate surface area is 146 Å². The van der Waals surface area contributed by atoms with Crippen LogP contribution in [-0.2, 0) is 0 Å². The van der Waals surface area contributed by atoms with Crippen LogP contribution in [0.5, 0.6) is 0 Å². The van der Waals surface area contributed by atoms with Crippen LogP contribution in [0.15, 0.2) is 13.2 Å². The van der Waals surface area contributed by atoms with Gasteiger partial charge in [-0.25, -0.2) is 0 Å². The third-order valence-corrected chi connectivity index (χ3v) is 1.03. The minimum atomic E-state index is 0. The predicted molar refractivity (Wildman–Crippen MR) is 73.3 cm³/mol. The van der Waals surface area contributed by atoms with Gasteiger partial charge in [0.15, 0.2) is 0 Å². The van der Waals surface area contributed by atoms with Gasteiger partial charge in [-0.15, -0.1) is 37.1 Å². The molecule has 3 N–H and O–H groups in total. The Balaban J connectivity index is -0.00000000966. The molecule has 4 heteroatoms. The van der Waals surface area contributed by atoms with Crippen molar-refractivity contribution in [3.8, 4) is 0 Å². The minimum absolute atomic E-state index is 0. The third-order valence-electron chi connectivity index (χ3n) is 1.03. The van der Waals surface area contributed by atoms with Gasteiger partial charge in [0.05, 0.1) is 0 Å². The van der Waals surface area contributed by atoms with Crippen LogP contribution in [0.25, 0.3) is 0 Å². The predicted octanol–water partition coefficient (Wildman–Crippen LogP) is 0.443. The largest absolute Gasteiger partial charge is 1.00 e. The van der Waals surface area contributed by atoms with E-state index >= 15 is 0 Å². The SMILES string of the molecule is C=C.CC(C)N(C)C.I.N.[CH3-].[CH3-].[K+]. The summed E-state index contributed by atoms with van der Waals surface area (Å²) in [4.78, 5) is 2.17. The average molecular weight is 329 g/mol. The molecule has 0 aromatic heterocycles. The second-order valence-corrected chi connectivity index (χ2v) is 2.06. The topological polar surface area (TPSA) is 38.2 Å². The van der Waals surface area contributed by atoms with Gasteiger partial charge < -0.3 is 25.9 Å². The van der Waals surface area contributed by atoms with Crippen molar-refractivity contribution >= 4 is 24.0 Å². The summed E-state index contributed by atoms with van der Waals surface area (Å²) in [7, 11) is 4.15. The zero-order valence-electron chi connectivity index (χ0n) is 10.6. The molecule has 0 spiro atoms. The maximum atomic E-state index is 3.00. The molecule has 0 aliphatic carbocycles. The van der Waals surface area contributed by atoms with E-state index in [0.717, 1.165) is 0 Å². The molecule has 0 saturated carbocycles. The van der Waals surface area contributed by atoms with Gasteiger partial charge >= 0.3 is 51.4 Å². The van der Waals surface area contributed by atoms with E-state index in [1.807, 2.05) is 0 Å². The molecule has 0 aliphatic rings. The molecule has 0 amide bonds. The van der Waals surface area contributed by atoms with Crippen molar-refractivity contribution in [2.45, 2.75) is 19.9 Å². The van der Waals surface area contributed by atoms with E-state index in [1.54, 1.807) is 0 Å². The van der Waals surface area contributed by atoms with Crippen LogP contribution >= 0.6 is 24.0 Å². The summed E-state index contributed by atoms with van der Waals surface area (Å²) >= 11 is 0. The molecule has 0 aromatic carbocycles. The van der Waals surface area contributed by atoms with Gasteiger partial charge in [0.2, 0.25) is 0 Å². The standard InChI is InChI=1S/C5H13N.C2H4.2CH3.HI.K.H3N/c1-5(2)6(3)4;1-2;;;;;/h5H,1-4H3;1-2H2;2*1H3;1H;;1H3/q;;2*-1;;+1;. The summed E-state index contributed by atoms with van der Waals surface area (Å²) in [6.07, 6.45) is 0. The quantitative estimate of drug-likeness (QED) is 0.328. The van der Waals surface area contributed by atoms with Crippen molar-refractivity contribution in [3.63, 3.8) is 0 Å². The summed E-state index contributed by atoms with van der Waals surface area (Å²) in [6.45, 7) is 10.3. The van der Waals surface area contributed by atoms with Gasteiger partial charge in [-0.05, 0) is 27.9 Å². The molecule has 82 valence electrons. The van der Waals surface area contributed by atoms with Gasteiger partial charge in [-0.2, -0.15) is 0 Å². The van der Waals surface area contributed by atoms with Gasteiger partial charge in [0, 0.05) is 6.04 Å². The smallest absolute Gasteiger partial charge is 0.358 e. The summed E-state index contributed by atoms with van der Waals surface area (Å²) < 4.78 is 0. The van der Waals surface area contributed by atoms with Gasteiger partial charge in [-0.1, -0.05) is 0 Å². The summed E-state index contributed by atoms with van der Waals surface area (Å²) in [5.74, 6) is 0. The second kappa shape index (κ2) is 36.9. The molecule has 0 atom stereocenters. The summed E-state index contributed by atoms with van der Waals surface area (Å²) in [5, 5.41) is 0. The first-order chi connectivity index (χ1) is 3.64. The monoisotopic (exact) mass is 329 g/mol. The fraction of sp³-hybridized carbons (Fsp3) is 0.556. The maximum Gasteiger partial charge on any atom is 1.00 e. The third kappa shape index (κ3) is 55.9. The van der Waals surface area contributed by atoms with Crippen LogP contribution in [0.4, 0.5) is 0 Å². The number of nitrogens with zero attached hydrogens (tertiary/aromatic N) is 1. The van der Waals surface area contributed by atoms with Crippen molar-refractivity contribution in [1.82, 2.24) is 11.1 Å². The fourth-order valence-electron chi connectivity index (χ4n) is 0. The van der Waals surface area contributed by atoms with Gasteiger partial charge in [0.25, 0.3) is 0 Å². The Kier molecular flexibility index (Phi) is 130. The van der Waals surface area contributed by atoms with Crippen molar-refractivity contribution < 1.29 is 51.4 Å². The van der Waals surface area contributed by atoms with Crippen LogP contribution in [0.2, 0.25) is 0 Å². The number of hydrogen-bond donors (Lipinski definition) is 1. The van der Waals surface area contributed by atoms with E-state index in [-0.39, 0.29) is 96.4 Å². The Morgan fingerprint density at radius 1 is 1.00 bits per heavy atom. The van der Waals surface area contributed by atoms with E-state index < -0.39 is 0 Å². The van der Waals surface area contributed by atoms with Crippen molar-refractivity contribution in [1.29, 1.82) is 0 Å². The first-order valence-corrected chi connectivity index (χ1v) is 2.81. The molecule has 0 bridgehead atoms. The van der Waals surface area contributed by atoms with E-state index in [9.17, 15) is 0 Å². The Morgan fingerprint density at radius 2 is 1.08 bits per heavy atom. The summed E-state index contributed by atoms with van der Waals surface area (Å²) in [5.41, 5.74) is 0. The fourth-order valence-corrected chi connectivity index (χ4v) is 0. The molecule has 0 radical (unpaired) electrons. The maximum absolute atomic E-state index is 3.00. The van der Waals surface area contributed by atoms with Crippen LogP contribution in [0, 0.1) is 14.9 Å². The zero-order valence-corrected chi connectivity index (χ0v) is 16.0. The Morgan fingerprint density at radius 3 is 1.08 bits per heavy atom. The Bertz CT molecular complexity index is 46.9. The van der Waals surface area contributed by atoms with Gasteiger partial charge in [0.1, 0.15) is 0 Å². The number of rotatable bonds is 1. The molecular formula is C9H27IKN2-. The second-order valence-electron chi connectivity index (χ2n) is 2.06. The van der Waals surface area contributed by atoms with E-state index in [2.05, 4.69) is 46.0 Å². The Hall–Kier alpha value is 2.03. The average Bonchev–Trinajstić information content (AvgIpc) is 1.72.